The molecule has 7 heteroatoms. The summed E-state index contributed by atoms with van der Waals surface area (Å²) in [6, 6.07) is 12.3. The lowest BCUT2D eigenvalue weighted by Gasteiger charge is -2.32. The Bertz CT molecular complexity index is 809. The maximum atomic E-state index is 13.2. The number of benzene rings is 1. The van der Waals surface area contributed by atoms with Crippen LogP contribution in [-0.4, -0.2) is 71.6 Å². The molecule has 7 nitrogen and oxygen atoms in total. The summed E-state index contributed by atoms with van der Waals surface area (Å²) >= 11 is 0. The largest absolute Gasteiger partial charge is 0.488 e. The number of aromatic nitrogens is 1. The van der Waals surface area contributed by atoms with Crippen LogP contribution in [0.4, 0.5) is 0 Å². The first-order valence-electron chi connectivity index (χ1n) is 9.51. The van der Waals surface area contributed by atoms with Gasteiger partial charge >= 0.3 is 0 Å². The zero-order chi connectivity index (χ0) is 19.3. The van der Waals surface area contributed by atoms with Crippen LogP contribution >= 0.6 is 0 Å². The van der Waals surface area contributed by atoms with Gasteiger partial charge in [0.05, 0.1) is 19.8 Å². The second-order valence-electron chi connectivity index (χ2n) is 6.94. The fraction of sp³-hybridized carbons (Fsp3) is 0.381. The SMILES string of the molecule is O=C([C@@H]1C[C@H](Oc2ccccc2)CN1C(=O)c1ccncc1)N1CCOCC1. The highest BCUT2D eigenvalue weighted by Gasteiger charge is 2.42. The molecule has 0 saturated carbocycles. The van der Waals surface area contributed by atoms with Crippen molar-refractivity contribution in [3.8, 4) is 5.75 Å². The van der Waals surface area contributed by atoms with Gasteiger partial charge in [0.1, 0.15) is 17.9 Å². The van der Waals surface area contributed by atoms with Gasteiger partial charge in [-0.3, -0.25) is 14.6 Å². The highest BCUT2D eigenvalue weighted by Crippen LogP contribution is 2.26. The quantitative estimate of drug-likeness (QED) is 0.805. The lowest BCUT2D eigenvalue weighted by atomic mass is 10.1. The van der Waals surface area contributed by atoms with Crippen molar-refractivity contribution < 1.29 is 19.1 Å². The van der Waals surface area contributed by atoms with E-state index in [0.717, 1.165) is 5.75 Å². The molecule has 0 bridgehead atoms. The number of hydrogen-bond donors (Lipinski definition) is 0. The average Bonchev–Trinajstić information content (AvgIpc) is 3.18. The number of morpholine rings is 1. The van der Waals surface area contributed by atoms with E-state index in [4.69, 9.17) is 9.47 Å². The molecule has 2 saturated heterocycles. The van der Waals surface area contributed by atoms with E-state index < -0.39 is 6.04 Å². The maximum Gasteiger partial charge on any atom is 0.254 e. The van der Waals surface area contributed by atoms with Crippen molar-refractivity contribution in [1.29, 1.82) is 0 Å². The Balaban J connectivity index is 1.54. The summed E-state index contributed by atoms with van der Waals surface area (Å²) in [7, 11) is 0. The molecule has 0 radical (unpaired) electrons. The number of hydrogen-bond acceptors (Lipinski definition) is 5. The lowest BCUT2D eigenvalue weighted by Crippen LogP contribution is -2.51. The minimum Gasteiger partial charge on any atom is -0.488 e. The van der Waals surface area contributed by atoms with E-state index in [0.29, 0.717) is 44.8 Å². The minimum absolute atomic E-state index is 0.0372. The molecular weight excluding hydrogens is 358 g/mol. The molecule has 2 amide bonds. The van der Waals surface area contributed by atoms with E-state index in [9.17, 15) is 9.59 Å². The molecule has 2 aromatic rings. The first-order chi connectivity index (χ1) is 13.7. The fourth-order valence-corrected chi connectivity index (χ4v) is 3.69. The van der Waals surface area contributed by atoms with Crippen molar-refractivity contribution in [2.45, 2.75) is 18.6 Å². The topological polar surface area (TPSA) is 72.0 Å². The van der Waals surface area contributed by atoms with Crippen molar-refractivity contribution in [2.75, 3.05) is 32.8 Å². The Kier molecular flexibility index (Phi) is 5.53. The van der Waals surface area contributed by atoms with Gasteiger partial charge in [-0.1, -0.05) is 18.2 Å². The van der Waals surface area contributed by atoms with E-state index in [1.54, 1.807) is 34.3 Å². The monoisotopic (exact) mass is 381 g/mol. The molecule has 3 heterocycles. The summed E-state index contributed by atoms with van der Waals surface area (Å²) < 4.78 is 11.4. The van der Waals surface area contributed by atoms with Crippen LogP contribution in [0, 0.1) is 0 Å². The smallest absolute Gasteiger partial charge is 0.254 e. The number of nitrogens with zero attached hydrogens (tertiary/aromatic N) is 3. The van der Waals surface area contributed by atoms with Crippen LogP contribution < -0.4 is 4.74 Å². The number of rotatable bonds is 4. The van der Waals surface area contributed by atoms with Crippen molar-refractivity contribution in [3.63, 3.8) is 0 Å². The van der Waals surface area contributed by atoms with Gasteiger partial charge in [0.2, 0.25) is 5.91 Å². The lowest BCUT2D eigenvalue weighted by molar-refractivity contribution is -0.139. The van der Waals surface area contributed by atoms with Crippen molar-refractivity contribution >= 4 is 11.8 Å². The number of likely N-dealkylation sites (tertiary alicyclic amines) is 1. The molecule has 4 rings (SSSR count). The summed E-state index contributed by atoms with van der Waals surface area (Å²) in [5.41, 5.74) is 0.523. The zero-order valence-corrected chi connectivity index (χ0v) is 15.6. The van der Waals surface area contributed by atoms with Gasteiger partial charge in [-0.05, 0) is 24.3 Å². The molecule has 146 valence electrons. The normalized spacial score (nSPS) is 22.1. The molecule has 0 aliphatic carbocycles. The molecule has 2 fully saturated rings. The van der Waals surface area contributed by atoms with Gasteiger partial charge in [-0.25, -0.2) is 0 Å². The van der Waals surface area contributed by atoms with Crippen LogP contribution in [0.3, 0.4) is 0 Å². The third-order valence-corrected chi connectivity index (χ3v) is 5.10. The van der Waals surface area contributed by atoms with Crippen LogP contribution in [-0.2, 0) is 9.53 Å². The Hall–Kier alpha value is -2.93. The van der Waals surface area contributed by atoms with Gasteiger partial charge in [-0.15, -0.1) is 0 Å². The summed E-state index contributed by atoms with van der Waals surface area (Å²) in [6.07, 6.45) is 3.41. The summed E-state index contributed by atoms with van der Waals surface area (Å²) in [5, 5.41) is 0. The van der Waals surface area contributed by atoms with Crippen molar-refractivity contribution in [1.82, 2.24) is 14.8 Å². The van der Waals surface area contributed by atoms with Crippen LogP contribution in [0.25, 0.3) is 0 Å². The Labute approximate surface area is 163 Å². The number of amides is 2. The second-order valence-corrected chi connectivity index (χ2v) is 6.94. The zero-order valence-electron chi connectivity index (χ0n) is 15.6. The van der Waals surface area contributed by atoms with E-state index >= 15 is 0 Å². The molecule has 0 spiro atoms. The third kappa shape index (κ3) is 3.99. The van der Waals surface area contributed by atoms with Crippen molar-refractivity contribution in [3.05, 3.63) is 60.4 Å². The summed E-state index contributed by atoms with van der Waals surface area (Å²) in [4.78, 5) is 33.6. The van der Waals surface area contributed by atoms with Gasteiger partial charge in [0.15, 0.2) is 0 Å². The Morgan fingerprint density at radius 1 is 1.04 bits per heavy atom. The molecule has 2 aliphatic rings. The predicted molar refractivity (Wildman–Crippen MR) is 102 cm³/mol. The first-order valence-corrected chi connectivity index (χ1v) is 9.51. The second kappa shape index (κ2) is 8.39. The standard InChI is InChI=1S/C21H23N3O4/c25-20(16-6-8-22-9-7-16)24-15-18(28-17-4-2-1-3-5-17)14-19(24)21(26)23-10-12-27-13-11-23/h1-9,18-19H,10-15H2/t18-,19-/m0/s1. The van der Waals surface area contributed by atoms with E-state index in [-0.39, 0.29) is 17.9 Å². The van der Waals surface area contributed by atoms with Crippen LogP contribution in [0.1, 0.15) is 16.8 Å². The predicted octanol–water partition coefficient (Wildman–Crippen LogP) is 1.60. The van der Waals surface area contributed by atoms with E-state index in [2.05, 4.69) is 4.98 Å². The average molecular weight is 381 g/mol. The number of pyridine rings is 1. The third-order valence-electron chi connectivity index (χ3n) is 5.10. The minimum atomic E-state index is -0.535. The number of carbonyl (C=O) groups is 2. The number of carbonyl (C=O) groups excluding carboxylic acids is 2. The highest BCUT2D eigenvalue weighted by molar-refractivity contribution is 5.98. The molecule has 28 heavy (non-hydrogen) atoms. The van der Waals surface area contributed by atoms with Crippen LogP contribution in [0.2, 0.25) is 0 Å². The van der Waals surface area contributed by atoms with Crippen molar-refractivity contribution in [2.24, 2.45) is 0 Å². The molecule has 0 unspecified atom stereocenters. The molecule has 2 atom stereocenters. The first kappa shape index (κ1) is 18.4. The maximum absolute atomic E-state index is 13.2. The van der Waals surface area contributed by atoms with E-state index in [1.807, 2.05) is 30.3 Å². The van der Waals surface area contributed by atoms with Gasteiger partial charge in [0.25, 0.3) is 5.91 Å². The highest BCUT2D eigenvalue weighted by atomic mass is 16.5. The molecule has 2 aliphatic heterocycles. The molecule has 1 aromatic carbocycles. The van der Waals surface area contributed by atoms with E-state index in [1.165, 1.54) is 0 Å². The summed E-state index contributed by atoms with van der Waals surface area (Å²) in [5.74, 6) is 0.529. The Morgan fingerprint density at radius 3 is 2.46 bits per heavy atom. The van der Waals surface area contributed by atoms with Gasteiger partial charge in [0, 0.05) is 37.5 Å². The summed E-state index contributed by atoms with van der Waals surface area (Å²) in [6.45, 7) is 2.53. The Morgan fingerprint density at radius 2 is 1.75 bits per heavy atom. The fourth-order valence-electron chi connectivity index (χ4n) is 3.69. The number of para-hydroxylation sites is 1. The molecular formula is C21H23N3O4. The molecule has 1 aromatic heterocycles. The number of ether oxygens (including phenoxy) is 2. The molecule has 0 N–H and O–H groups in total. The van der Waals surface area contributed by atoms with Gasteiger partial charge in [-0.2, -0.15) is 0 Å². The van der Waals surface area contributed by atoms with Gasteiger partial charge < -0.3 is 19.3 Å². The van der Waals surface area contributed by atoms with Crippen LogP contribution in [0.5, 0.6) is 5.75 Å². The van der Waals surface area contributed by atoms with Crippen LogP contribution in [0.15, 0.2) is 54.9 Å².